The van der Waals surface area contributed by atoms with E-state index < -0.39 is 0 Å². The molecule has 1 aromatic carbocycles. The highest BCUT2D eigenvalue weighted by Crippen LogP contribution is 2.30. The number of halogens is 1. The molecule has 0 aliphatic carbocycles. The Bertz CT molecular complexity index is 702. The maximum absolute atomic E-state index is 9.28. The molecule has 1 aliphatic rings. The number of fused-ring (bicyclic) bond motifs is 1. The summed E-state index contributed by atoms with van der Waals surface area (Å²) in [6.45, 7) is 4.87. The molecule has 0 amide bonds. The van der Waals surface area contributed by atoms with Crippen LogP contribution in [0.2, 0.25) is 5.02 Å². The number of anilines is 1. The Balaban J connectivity index is 2.15. The molecule has 2 aromatic rings. The summed E-state index contributed by atoms with van der Waals surface area (Å²) in [5.74, 6) is 0.773. The summed E-state index contributed by atoms with van der Waals surface area (Å²) >= 11 is 6.36. The molecule has 0 saturated carbocycles. The molecule has 1 saturated heterocycles. The Morgan fingerprint density at radius 2 is 2.10 bits per heavy atom. The monoisotopic (exact) mass is 287 g/mol. The van der Waals surface area contributed by atoms with E-state index in [1.165, 1.54) is 0 Å². The van der Waals surface area contributed by atoms with E-state index in [-0.39, 0.29) is 0 Å². The Kier molecular flexibility index (Phi) is 3.47. The zero-order valence-electron chi connectivity index (χ0n) is 11.2. The van der Waals surface area contributed by atoms with Crippen LogP contribution in [-0.4, -0.2) is 31.3 Å². The van der Waals surface area contributed by atoms with Gasteiger partial charge in [-0.15, -0.1) is 0 Å². The van der Waals surface area contributed by atoms with Gasteiger partial charge in [0.1, 0.15) is 11.9 Å². The first-order chi connectivity index (χ1) is 9.70. The number of nitrogens with zero attached hydrogens (tertiary/aromatic N) is 3. The van der Waals surface area contributed by atoms with Gasteiger partial charge in [0.2, 0.25) is 0 Å². The molecule has 0 unspecified atom stereocenters. The summed E-state index contributed by atoms with van der Waals surface area (Å²) in [6, 6.07) is 7.94. The zero-order chi connectivity index (χ0) is 14.1. The molecule has 20 heavy (non-hydrogen) atoms. The number of aryl methyl sites for hydroxylation is 1. The van der Waals surface area contributed by atoms with Crippen molar-refractivity contribution >= 4 is 28.3 Å². The molecule has 5 heteroatoms. The number of hydrogen-bond donors (Lipinski definition) is 0. The molecule has 1 aliphatic heterocycles. The molecule has 0 bridgehead atoms. The molecular formula is C15H14ClN3O. The Morgan fingerprint density at radius 3 is 2.80 bits per heavy atom. The highest BCUT2D eigenvalue weighted by molar-refractivity contribution is 6.33. The van der Waals surface area contributed by atoms with Crippen molar-refractivity contribution in [3.05, 3.63) is 34.3 Å². The Morgan fingerprint density at radius 1 is 1.35 bits per heavy atom. The minimum Gasteiger partial charge on any atom is -0.378 e. The van der Waals surface area contributed by atoms with E-state index in [2.05, 4.69) is 16.0 Å². The van der Waals surface area contributed by atoms with Crippen LogP contribution in [0.1, 0.15) is 11.1 Å². The van der Waals surface area contributed by atoms with Gasteiger partial charge in [-0.3, -0.25) is 0 Å². The Hall–Kier alpha value is -1.83. The van der Waals surface area contributed by atoms with Crippen LogP contribution in [0.3, 0.4) is 0 Å². The lowest BCUT2D eigenvalue weighted by Crippen LogP contribution is -2.36. The third-order valence-electron chi connectivity index (χ3n) is 3.56. The minimum atomic E-state index is 0.585. The number of hydrogen-bond acceptors (Lipinski definition) is 4. The number of benzene rings is 1. The number of nitriles is 1. The second-order valence-electron chi connectivity index (χ2n) is 4.83. The lowest BCUT2D eigenvalue weighted by molar-refractivity contribution is 0.122. The first-order valence-electron chi connectivity index (χ1n) is 6.53. The molecule has 3 rings (SSSR count). The van der Waals surface area contributed by atoms with Gasteiger partial charge < -0.3 is 9.64 Å². The van der Waals surface area contributed by atoms with E-state index in [9.17, 15) is 5.26 Å². The standard InChI is InChI=1S/C15H14ClN3O/c1-10-2-3-14-11(12(10)9-17)8-13(16)15(18-14)19-4-6-20-7-5-19/h2-3,8H,4-7H2,1H3. The van der Waals surface area contributed by atoms with Gasteiger partial charge in [-0.2, -0.15) is 5.26 Å². The predicted molar refractivity (Wildman–Crippen MR) is 79.2 cm³/mol. The van der Waals surface area contributed by atoms with Gasteiger partial charge in [0.25, 0.3) is 0 Å². The van der Waals surface area contributed by atoms with Crippen molar-refractivity contribution < 1.29 is 4.74 Å². The normalized spacial score (nSPS) is 15.3. The van der Waals surface area contributed by atoms with E-state index in [0.29, 0.717) is 23.8 Å². The second kappa shape index (κ2) is 5.28. The van der Waals surface area contributed by atoms with Gasteiger partial charge in [-0.25, -0.2) is 4.98 Å². The third kappa shape index (κ3) is 2.20. The van der Waals surface area contributed by atoms with E-state index in [1.54, 1.807) is 0 Å². The maximum Gasteiger partial charge on any atom is 0.148 e. The van der Waals surface area contributed by atoms with Crippen molar-refractivity contribution in [1.29, 1.82) is 5.26 Å². The summed E-state index contributed by atoms with van der Waals surface area (Å²) in [5.41, 5.74) is 2.39. The summed E-state index contributed by atoms with van der Waals surface area (Å²) in [7, 11) is 0. The molecule has 2 heterocycles. The molecular weight excluding hydrogens is 274 g/mol. The van der Waals surface area contributed by atoms with Crippen LogP contribution in [0.5, 0.6) is 0 Å². The van der Waals surface area contributed by atoms with Crippen molar-refractivity contribution in [3.8, 4) is 6.07 Å². The van der Waals surface area contributed by atoms with Gasteiger partial charge in [-0.05, 0) is 24.6 Å². The molecule has 0 spiro atoms. The first kappa shape index (κ1) is 13.2. The summed E-state index contributed by atoms with van der Waals surface area (Å²) in [4.78, 5) is 6.76. The fourth-order valence-electron chi connectivity index (χ4n) is 2.47. The van der Waals surface area contributed by atoms with Crippen LogP contribution < -0.4 is 4.90 Å². The average Bonchev–Trinajstić information content (AvgIpc) is 2.47. The van der Waals surface area contributed by atoms with Crippen LogP contribution in [-0.2, 0) is 4.74 Å². The van der Waals surface area contributed by atoms with Crippen molar-refractivity contribution in [2.45, 2.75) is 6.92 Å². The third-order valence-corrected chi connectivity index (χ3v) is 3.84. The molecule has 0 N–H and O–H groups in total. The van der Waals surface area contributed by atoms with E-state index >= 15 is 0 Å². The van der Waals surface area contributed by atoms with Crippen molar-refractivity contribution in [3.63, 3.8) is 0 Å². The molecule has 0 atom stereocenters. The number of aromatic nitrogens is 1. The predicted octanol–water partition coefficient (Wildman–Crippen LogP) is 2.90. The van der Waals surface area contributed by atoms with Crippen LogP contribution in [0.25, 0.3) is 10.9 Å². The molecule has 1 aromatic heterocycles. The van der Waals surface area contributed by atoms with Crippen LogP contribution >= 0.6 is 11.6 Å². The number of ether oxygens (including phenoxy) is 1. The maximum atomic E-state index is 9.28. The van der Waals surface area contributed by atoms with Gasteiger partial charge in [0.05, 0.1) is 29.3 Å². The minimum absolute atomic E-state index is 0.585. The number of morpholine rings is 1. The number of rotatable bonds is 1. The van der Waals surface area contributed by atoms with Crippen LogP contribution in [0.4, 0.5) is 5.82 Å². The summed E-state index contributed by atoms with van der Waals surface area (Å²) in [5, 5.41) is 10.7. The van der Waals surface area contributed by atoms with Gasteiger partial charge >= 0.3 is 0 Å². The topological polar surface area (TPSA) is 49.2 Å². The molecule has 4 nitrogen and oxygen atoms in total. The summed E-state index contributed by atoms with van der Waals surface area (Å²) in [6.07, 6.45) is 0. The fraction of sp³-hybridized carbons (Fsp3) is 0.333. The quantitative estimate of drug-likeness (QED) is 0.809. The van der Waals surface area contributed by atoms with E-state index in [1.807, 2.05) is 25.1 Å². The zero-order valence-corrected chi connectivity index (χ0v) is 11.9. The van der Waals surface area contributed by atoms with Gasteiger partial charge in [-0.1, -0.05) is 17.7 Å². The van der Waals surface area contributed by atoms with Crippen molar-refractivity contribution in [1.82, 2.24) is 4.98 Å². The lowest BCUT2D eigenvalue weighted by Gasteiger charge is -2.28. The Labute approximate surface area is 122 Å². The first-order valence-corrected chi connectivity index (χ1v) is 6.91. The smallest absolute Gasteiger partial charge is 0.148 e. The number of pyridine rings is 1. The van der Waals surface area contributed by atoms with E-state index in [4.69, 9.17) is 16.3 Å². The van der Waals surface area contributed by atoms with Crippen molar-refractivity contribution in [2.24, 2.45) is 0 Å². The molecule has 1 fully saturated rings. The molecule has 102 valence electrons. The highest BCUT2D eigenvalue weighted by atomic mass is 35.5. The van der Waals surface area contributed by atoms with Crippen molar-refractivity contribution in [2.75, 3.05) is 31.2 Å². The second-order valence-corrected chi connectivity index (χ2v) is 5.24. The highest BCUT2D eigenvalue weighted by Gasteiger charge is 2.17. The molecule has 0 radical (unpaired) electrons. The summed E-state index contributed by atoms with van der Waals surface area (Å²) < 4.78 is 5.35. The fourth-order valence-corrected chi connectivity index (χ4v) is 2.74. The lowest BCUT2D eigenvalue weighted by atomic mass is 10.0. The SMILES string of the molecule is Cc1ccc2nc(N3CCOCC3)c(Cl)cc2c1C#N. The largest absolute Gasteiger partial charge is 0.378 e. The van der Waals surface area contributed by atoms with Gasteiger partial charge in [0.15, 0.2) is 0 Å². The van der Waals surface area contributed by atoms with E-state index in [0.717, 1.165) is 35.4 Å². The van der Waals surface area contributed by atoms with Crippen LogP contribution in [0.15, 0.2) is 18.2 Å². The average molecular weight is 288 g/mol. The van der Waals surface area contributed by atoms with Crippen LogP contribution in [0, 0.1) is 18.3 Å². The van der Waals surface area contributed by atoms with Gasteiger partial charge in [0, 0.05) is 18.5 Å².